The van der Waals surface area contributed by atoms with Crippen molar-refractivity contribution in [2.75, 3.05) is 6.54 Å². The van der Waals surface area contributed by atoms with Gasteiger partial charge in [-0.3, -0.25) is 14.6 Å². The normalized spacial score (nSPS) is 23.6. The van der Waals surface area contributed by atoms with Gasteiger partial charge in [0.15, 0.2) is 0 Å². The van der Waals surface area contributed by atoms with Crippen LogP contribution < -0.4 is 11.1 Å². The highest BCUT2D eigenvalue weighted by Gasteiger charge is 2.63. The van der Waals surface area contributed by atoms with E-state index >= 15 is 0 Å². The molecular formula is C29H29F2N5O3. The van der Waals surface area contributed by atoms with Gasteiger partial charge in [-0.05, 0) is 92.8 Å². The number of aromatic nitrogens is 3. The molecule has 4 N–H and O–H groups in total. The summed E-state index contributed by atoms with van der Waals surface area (Å²) in [5.41, 5.74) is 7.95. The van der Waals surface area contributed by atoms with Crippen LogP contribution in [-0.2, 0) is 17.6 Å². The Bertz CT molecular complexity index is 1500. The molecule has 0 bridgehead atoms. The Morgan fingerprint density at radius 1 is 1.15 bits per heavy atom. The molecule has 2 saturated carbocycles. The quantitative estimate of drug-likeness (QED) is 0.410. The number of aryl methyl sites for hydroxylation is 1. The summed E-state index contributed by atoms with van der Waals surface area (Å²) in [7, 11) is 0. The van der Waals surface area contributed by atoms with Crippen LogP contribution in [0.5, 0.6) is 0 Å². The van der Waals surface area contributed by atoms with E-state index in [1.54, 1.807) is 12.1 Å². The van der Waals surface area contributed by atoms with Crippen LogP contribution in [0.15, 0.2) is 48.3 Å². The van der Waals surface area contributed by atoms with Gasteiger partial charge in [-0.2, -0.15) is 5.10 Å². The molecule has 1 aromatic carbocycles. The van der Waals surface area contributed by atoms with Crippen LogP contribution in [0, 0.1) is 23.0 Å². The van der Waals surface area contributed by atoms with Crippen molar-refractivity contribution in [3.63, 3.8) is 0 Å². The van der Waals surface area contributed by atoms with Crippen molar-refractivity contribution in [1.82, 2.24) is 20.1 Å². The number of fused-ring (bicyclic) bond motifs is 2. The molecule has 39 heavy (non-hydrogen) atoms. The van der Waals surface area contributed by atoms with E-state index in [0.717, 1.165) is 48.5 Å². The Labute approximate surface area is 223 Å². The second-order valence-electron chi connectivity index (χ2n) is 10.9. The standard InChI is InChI=1S/C29H29F2N5O3/c30-20-3-5-22(6-4-20)36-25-11-19-7-9-28(39,29(19,18-1-2-18)13-17(25)14-35-36)10-8-24-23(12-21(31)15-33-24)27(38)34-16-26(32)37/h3-6,11-12,14-15,18,39H,1-2,7-10,13,16H2,(H2,32,37)(H,34,38). The molecule has 202 valence electrons. The van der Waals surface area contributed by atoms with Crippen molar-refractivity contribution in [1.29, 1.82) is 0 Å². The fraction of sp³-hybridized carbons (Fsp3) is 0.379. The Morgan fingerprint density at radius 3 is 2.64 bits per heavy atom. The van der Waals surface area contributed by atoms with E-state index in [-0.39, 0.29) is 24.3 Å². The number of benzene rings is 1. The number of amides is 2. The van der Waals surface area contributed by atoms with Crippen LogP contribution in [0.4, 0.5) is 8.78 Å². The Kier molecular flexibility index (Phi) is 6.10. The zero-order chi connectivity index (χ0) is 27.4. The number of nitrogens with one attached hydrogen (secondary N) is 1. The van der Waals surface area contributed by atoms with Crippen molar-refractivity contribution in [3.8, 4) is 5.69 Å². The third-order valence-electron chi connectivity index (χ3n) is 8.60. The molecule has 0 aliphatic heterocycles. The summed E-state index contributed by atoms with van der Waals surface area (Å²) < 4.78 is 29.3. The van der Waals surface area contributed by atoms with Crippen LogP contribution >= 0.6 is 0 Å². The average molecular weight is 534 g/mol. The number of rotatable bonds is 8. The topological polar surface area (TPSA) is 123 Å². The van der Waals surface area contributed by atoms with Crippen molar-refractivity contribution in [2.24, 2.45) is 17.1 Å². The molecular weight excluding hydrogens is 504 g/mol. The molecule has 0 radical (unpaired) electrons. The fourth-order valence-corrected chi connectivity index (χ4v) is 6.66. The first-order valence-corrected chi connectivity index (χ1v) is 13.2. The third-order valence-corrected chi connectivity index (χ3v) is 8.60. The van der Waals surface area contributed by atoms with Gasteiger partial charge < -0.3 is 16.2 Å². The molecule has 3 aromatic rings. The van der Waals surface area contributed by atoms with Gasteiger partial charge in [-0.1, -0.05) is 5.57 Å². The lowest BCUT2D eigenvalue weighted by Crippen LogP contribution is -2.49. The molecule has 2 amide bonds. The Hall–Kier alpha value is -3.92. The van der Waals surface area contributed by atoms with E-state index in [0.29, 0.717) is 30.9 Å². The Morgan fingerprint density at radius 2 is 1.92 bits per heavy atom. The van der Waals surface area contributed by atoms with E-state index in [1.807, 2.05) is 10.9 Å². The highest BCUT2D eigenvalue weighted by molar-refractivity contribution is 5.97. The number of pyridine rings is 1. The number of carbonyl (C=O) groups is 2. The maximum absolute atomic E-state index is 14.0. The SMILES string of the molecule is NC(=O)CNC(=O)c1cc(F)cnc1CCC1(O)CCC2=Cc3c(cnn3-c3ccc(F)cc3)CC21C1CC1. The van der Waals surface area contributed by atoms with Gasteiger partial charge in [-0.25, -0.2) is 13.5 Å². The number of nitrogens with two attached hydrogens (primary N) is 1. The van der Waals surface area contributed by atoms with Gasteiger partial charge in [0.05, 0.1) is 47.2 Å². The lowest BCUT2D eigenvalue weighted by molar-refractivity contribution is -0.117. The molecule has 2 unspecified atom stereocenters. The maximum Gasteiger partial charge on any atom is 0.253 e. The van der Waals surface area contributed by atoms with E-state index < -0.39 is 28.6 Å². The van der Waals surface area contributed by atoms with Gasteiger partial charge in [0.1, 0.15) is 11.6 Å². The van der Waals surface area contributed by atoms with Crippen molar-refractivity contribution >= 4 is 17.9 Å². The van der Waals surface area contributed by atoms with Crippen LogP contribution in [-0.4, -0.2) is 43.8 Å². The van der Waals surface area contributed by atoms with Gasteiger partial charge in [0, 0.05) is 5.41 Å². The van der Waals surface area contributed by atoms with Gasteiger partial charge in [-0.15, -0.1) is 0 Å². The second kappa shape index (κ2) is 9.37. The van der Waals surface area contributed by atoms with Crippen LogP contribution in [0.1, 0.15) is 59.4 Å². The van der Waals surface area contributed by atoms with E-state index in [9.17, 15) is 23.5 Å². The summed E-state index contributed by atoms with van der Waals surface area (Å²) in [5, 5.41) is 19.3. The predicted molar refractivity (Wildman–Crippen MR) is 139 cm³/mol. The van der Waals surface area contributed by atoms with Gasteiger partial charge >= 0.3 is 0 Å². The highest BCUT2D eigenvalue weighted by atomic mass is 19.1. The monoisotopic (exact) mass is 533 g/mol. The lowest BCUT2D eigenvalue weighted by atomic mass is 9.61. The molecule has 2 atom stereocenters. The third kappa shape index (κ3) is 4.32. The number of hydrogen-bond donors (Lipinski definition) is 3. The zero-order valence-electron chi connectivity index (χ0n) is 21.3. The smallest absolute Gasteiger partial charge is 0.253 e. The first-order chi connectivity index (χ1) is 18.7. The minimum atomic E-state index is -1.05. The summed E-state index contributed by atoms with van der Waals surface area (Å²) in [6.07, 6.45) is 9.61. The maximum atomic E-state index is 14.0. The molecule has 3 aliphatic rings. The summed E-state index contributed by atoms with van der Waals surface area (Å²) >= 11 is 0. The van der Waals surface area contributed by atoms with Gasteiger partial charge in [0.2, 0.25) is 5.91 Å². The largest absolute Gasteiger partial charge is 0.389 e. The fourth-order valence-electron chi connectivity index (χ4n) is 6.66. The summed E-state index contributed by atoms with van der Waals surface area (Å²) in [4.78, 5) is 27.9. The van der Waals surface area contributed by atoms with Crippen LogP contribution in [0.3, 0.4) is 0 Å². The first-order valence-electron chi connectivity index (χ1n) is 13.2. The van der Waals surface area contributed by atoms with Crippen LogP contribution in [0.2, 0.25) is 0 Å². The molecule has 2 aromatic heterocycles. The summed E-state index contributed by atoms with van der Waals surface area (Å²) in [5.74, 6) is -1.99. The van der Waals surface area contributed by atoms with Gasteiger partial charge in [0.25, 0.3) is 5.91 Å². The molecule has 3 aliphatic carbocycles. The van der Waals surface area contributed by atoms with Crippen LogP contribution in [0.25, 0.3) is 11.8 Å². The predicted octanol–water partition coefficient (Wildman–Crippen LogP) is 3.25. The minimum Gasteiger partial charge on any atom is -0.389 e. The number of hydrogen-bond acceptors (Lipinski definition) is 5. The molecule has 0 spiro atoms. The van der Waals surface area contributed by atoms with E-state index in [1.165, 1.54) is 17.7 Å². The van der Waals surface area contributed by atoms with E-state index in [2.05, 4.69) is 21.5 Å². The number of carbonyl (C=O) groups excluding carboxylic acids is 2. The number of primary amides is 1. The van der Waals surface area contributed by atoms with Crippen molar-refractivity contribution in [2.45, 2.75) is 50.5 Å². The number of aliphatic hydroxyl groups is 1. The molecule has 8 nitrogen and oxygen atoms in total. The number of halogens is 2. The molecule has 2 heterocycles. The minimum absolute atomic E-state index is 0.0283. The highest BCUT2D eigenvalue weighted by Crippen LogP contribution is 2.66. The van der Waals surface area contributed by atoms with E-state index in [4.69, 9.17) is 5.73 Å². The lowest BCUT2D eigenvalue weighted by Gasteiger charge is -2.46. The number of nitrogens with zero attached hydrogens (tertiary/aromatic N) is 3. The average Bonchev–Trinajstić information content (AvgIpc) is 3.64. The summed E-state index contributed by atoms with van der Waals surface area (Å²) in [6.45, 7) is -0.369. The Balaban J connectivity index is 1.30. The molecule has 0 saturated heterocycles. The van der Waals surface area contributed by atoms with Crippen molar-refractivity contribution in [3.05, 3.63) is 82.4 Å². The first kappa shape index (κ1) is 25.4. The molecule has 10 heteroatoms. The molecule has 2 fully saturated rings. The van der Waals surface area contributed by atoms with Crippen molar-refractivity contribution < 1.29 is 23.5 Å². The molecule has 6 rings (SSSR count). The second-order valence-corrected chi connectivity index (χ2v) is 10.9. The summed E-state index contributed by atoms with van der Waals surface area (Å²) in [6, 6.07) is 7.31. The zero-order valence-corrected chi connectivity index (χ0v) is 21.3.